The third-order valence-corrected chi connectivity index (χ3v) is 4.74. The first-order chi connectivity index (χ1) is 13.0. The standard InChI is InChI=1S/C16H13ClF3NO6P/c1-9(28(24)25-2)26-15-8-11(4-5-13(15)21(22)23)27-14-6-3-10(7-12(14)17)16(18,19)20/h3-9H,1-2H3/q+1. The van der Waals surface area contributed by atoms with E-state index in [1.54, 1.807) is 0 Å². The third kappa shape index (κ3) is 5.31. The van der Waals surface area contributed by atoms with Gasteiger partial charge in [-0.05, 0) is 28.8 Å². The smallest absolute Gasteiger partial charge is 0.456 e. The second-order valence-corrected chi connectivity index (χ2v) is 7.39. The molecule has 0 aliphatic heterocycles. The molecular formula is C16H13ClF3NO6P+. The Bertz CT molecular complexity index is 908. The van der Waals surface area contributed by atoms with Crippen molar-refractivity contribution in [2.45, 2.75) is 18.9 Å². The first-order valence-corrected chi connectivity index (χ1v) is 9.15. The first kappa shape index (κ1) is 21.9. The zero-order valence-corrected chi connectivity index (χ0v) is 16.0. The van der Waals surface area contributed by atoms with Crippen LogP contribution >= 0.6 is 19.6 Å². The van der Waals surface area contributed by atoms with Gasteiger partial charge in [0.15, 0.2) is 0 Å². The Hall–Kier alpha value is -2.42. The molecular weight excluding hydrogens is 426 g/mol. The van der Waals surface area contributed by atoms with Crippen molar-refractivity contribution in [3.63, 3.8) is 0 Å². The van der Waals surface area contributed by atoms with Gasteiger partial charge in [0.05, 0.1) is 22.6 Å². The van der Waals surface area contributed by atoms with Gasteiger partial charge in [0.2, 0.25) is 5.75 Å². The molecule has 0 radical (unpaired) electrons. The Labute approximate surface area is 163 Å². The molecule has 0 amide bonds. The first-order valence-electron chi connectivity index (χ1n) is 7.53. The molecule has 0 saturated carbocycles. The van der Waals surface area contributed by atoms with E-state index in [1.807, 2.05) is 0 Å². The molecule has 28 heavy (non-hydrogen) atoms. The largest absolute Gasteiger partial charge is 0.552 e. The molecule has 0 aliphatic carbocycles. The molecule has 0 fully saturated rings. The van der Waals surface area contributed by atoms with Crippen molar-refractivity contribution in [2.75, 3.05) is 7.11 Å². The van der Waals surface area contributed by atoms with E-state index in [2.05, 4.69) is 4.52 Å². The maximum Gasteiger partial charge on any atom is 0.552 e. The molecule has 2 unspecified atom stereocenters. The lowest BCUT2D eigenvalue weighted by Crippen LogP contribution is -2.09. The van der Waals surface area contributed by atoms with Crippen LogP contribution in [-0.2, 0) is 15.3 Å². The Balaban J connectivity index is 2.33. The lowest BCUT2D eigenvalue weighted by atomic mass is 10.2. The highest BCUT2D eigenvalue weighted by molar-refractivity contribution is 7.39. The number of halogens is 4. The van der Waals surface area contributed by atoms with Crippen LogP contribution in [0.4, 0.5) is 18.9 Å². The van der Waals surface area contributed by atoms with Crippen molar-refractivity contribution in [2.24, 2.45) is 0 Å². The monoisotopic (exact) mass is 438 g/mol. The van der Waals surface area contributed by atoms with Gasteiger partial charge in [-0.1, -0.05) is 11.6 Å². The van der Waals surface area contributed by atoms with Crippen molar-refractivity contribution in [3.05, 3.63) is 57.1 Å². The third-order valence-electron chi connectivity index (χ3n) is 3.39. The predicted molar refractivity (Wildman–Crippen MR) is 94.3 cm³/mol. The van der Waals surface area contributed by atoms with Gasteiger partial charge in [-0.15, -0.1) is 4.52 Å². The summed E-state index contributed by atoms with van der Waals surface area (Å²) in [6, 6.07) is 5.95. The quantitative estimate of drug-likeness (QED) is 0.292. The summed E-state index contributed by atoms with van der Waals surface area (Å²) in [6.45, 7) is 1.40. The van der Waals surface area contributed by atoms with Crippen LogP contribution in [0.15, 0.2) is 36.4 Å². The van der Waals surface area contributed by atoms with Gasteiger partial charge in [0, 0.05) is 19.1 Å². The lowest BCUT2D eigenvalue weighted by Gasteiger charge is -2.12. The van der Waals surface area contributed by atoms with E-state index in [1.165, 1.54) is 20.1 Å². The Morgan fingerprint density at radius 3 is 2.39 bits per heavy atom. The van der Waals surface area contributed by atoms with Gasteiger partial charge < -0.3 is 9.47 Å². The van der Waals surface area contributed by atoms with Gasteiger partial charge in [-0.3, -0.25) is 10.1 Å². The van der Waals surface area contributed by atoms with E-state index < -0.39 is 36.2 Å². The summed E-state index contributed by atoms with van der Waals surface area (Å²) < 4.78 is 65.1. The number of rotatable bonds is 7. The fourth-order valence-corrected chi connectivity index (χ4v) is 2.78. The van der Waals surface area contributed by atoms with Gasteiger partial charge in [0.25, 0.3) is 0 Å². The Morgan fingerprint density at radius 2 is 1.86 bits per heavy atom. The van der Waals surface area contributed by atoms with E-state index in [4.69, 9.17) is 21.1 Å². The summed E-state index contributed by atoms with van der Waals surface area (Å²) >= 11 is 5.83. The normalized spacial score (nSPS) is 13.0. The molecule has 0 heterocycles. The summed E-state index contributed by atoms with van der Waals surface area (Å²) in [5, 5.41) is 10.9. The number of hydrogen-bond acceptors (Lipinski definition) is 6. The number of nitrogens with zero attached hydrogens (tertiary/aromatic N) is 1. The van der Waals surface area contributed by atoms with Crippen molar-refractivity contribution >= 4 is 25.3 Å². The number of ether oxygens (including phenoxy) is 2. The summed E-state index contributed by atoms with van der Waals surface area (Å²) in [6.07, 6.45) is -4.56. The van der Waals surface area contributed by atoms with Gasteiger partial charge in [-0.25, -0.2) is 0 Å². The Kier molecular flexibility index (Phi) is 6.82. The molecule has 150 valence electrons. The van der Waals surface area contributed by atoms with Crippen LogP contribution in [0.5, 0.6) is 17.2 Å². The van der Waals surface area contributed by atoms with Crippen molar-refractivity contribution in [3.8, 4) is 17.2 Å². The van der Waals surface area contributed by atoms with Crippen LogP contribution in [0.1, 0.15) is 12.5 Å². The molecule has 0 aliphatic rings. The molecule has 0 aromatic heterocycles. The van der Waals surface area contributed by atoms with Crippen molar-refractivity contribution in [1.29, 1.82) is 0 Å². The predicted octanol–water partition coefficient (Wildman–Crippen LogP) is 6.17. The molecule has 2 aromatic carbocycles. The molecule has 0 N–H and O–H groups in total. The maximum absolute atomic E-state index is 12.7. The molecule has 7 nitrogen and oxygen atoms in total. The van der Waals surface area contributed by atoms with E-state index in [9.17, 15) is 27.9 Å². The molecule has 0 spiro atoms. The average molecular weight is 439 g/mol. The summed E-state index contributed by atoms with van der Waals surface area (Å²) in [4.78, 5) is 10.4. The highest BCUT2D eigenvalue weighted by Gasteiger charge is 2.32. The van der Waals surface area contributed by atoms with Gasteiger partial charge >= 0.3 is 25.7 Å². The molecule has 0 bridgehead atoms. The fourth-order valence-electron chi connectivity index (χ4n) is 2.07. The topological polar surface area (TPSA) is 87.9 Å². The van der Waals surface area contributed by atoms with E-state index in [0.717, 1.165) is 24.3 Å². The van der Waals surface area contributed by atoms with Crippen LogP contribution in [-0.4, -0.2) is 17.9 Å². The summed E-state index contributed by atoms with van der Waals surface area (Å²) in [5.74, 6) is -1.32. The maximum atomic E-state index is 12.7. The number of alkyl halides is 3. The van der Waals surface area contributed by atoms with Crippen LogP contribution in [0, 0.1) is 10.1 Å². The fraction of sp³-hybridized carbons (Fsp3) is 0.250. The zero-order valence-electron chi connectivity index (χ0n) is 14.4. The second-order valence-electron chi connectivity index (χ2n) is 5.32. The molecule has 2 rings (SSSR count). The van der Waals surface area contributed by atoms with Crippen LogP contribution in [0.25, 0.3) is 0 Å². The summed E-state index contributed by atoms with van der Waals surface area (Å²) in [5.41, 5.74) is -1.37. The zero-order chi connectivity index (χ0) is 21.1. The Morgan fingerprint density at radius 1 is 1.18 bits per heavy atom. The number of hydrogen-bond donors (Lipinski definition) is 0. The van der Waals surface area contributed by atoms with Gasteiger partial charge in [0.1, 0.15) is 11.5 Å². The number of nitro groups is 1. The van der Waals surface area contributed by atoms with Crippen LogP contribution < -0.4 is 9.47 Å². The van der Waals surface area contributed by atoms with Crippen molar-refractivity contribution in [1.82, 2.24) is 0 Å². The van der Waals surface area contributed by atoms with Crippen LogP contribution in [0.2, 0.25) is 5.02 Å². The minimum atomic E-state index is -4.56. The minimum absolute atomic E-state index is 0.0158. The molecule has 12 heteroatoms. The van der Waals surface area contributed by atoms with Crippen molar-refractivity contribution < 1.29 is 36.7 Å². The molecule has 2 aromatic rings. The number of nitro benzene ring substituents is 1. The van der Waals surface area contributed by atoms with Crippen LogP contribution in [0.3, 0.4) is 0 Å². The highest BCUT2D eigenvalue weighted by atomic mass is 35.5. The lowest BCUT2D eigenvalue weighted by molar-refractivity contribution is -0.386. The minimum Gasteiger partial charge on any atom is -0.456 e. The van der Waals surface area contributed by atoms with E-state index >= 15 is 0 Å². The SMILES string of the molecule is CO[P+](=O)C(C)Oc1cc(Oc2ccc(C(F)(F)F)cc2Cl)ccc1[N+](=O)[O-]. The van der Waals surface area contributed by atoms with E-state index in [0.29, 0.717) is 6.07 Å². The van der Waals surface area contributed by atoms with E-state index in [-0.39, 0.29) is 22.3 Å². The average Bonchev–Trinajstić information content (AvgIpc) is 2.61. The second kappa shape index (κ2) is 8.72. The number of benzene rings is 2. The highest BCUT2D eigenvalue weighted by Crippen LogP contribution is 2.40. The molecule has 2 atom stereocenters. The summed E-state index contributed by atoms with van der Waals surface area (Å²) in [7, 11) is -1.04. The molecule has 0 saturated heterocycles. The van der Waals surface area contributed by atoms with Gasteiger partial charge in [-0.2, -0.15) is 13.2 Å².